The molecule has 0 fully saturated rings. The lowest BCUT2D eigenvalue weighted by Crippen LogP contribution is -2.46. The summed E-state index contributed by atoms with van der Waals surface area (Å²) in [6.45, 7) is 4.14. The van der Waals surface area contributed by atoms with Crippen LogP contribution in [0.4, 0.5) is 5.95 Å². The van der Waals surface area contributed by atoms with Gasteiger partial charge in [-0.2, -0.15) is 10.2 Å². The van der Waals surface area contributed by atoms with Crippen molar-refractivity contribution in [2.75, 3.05) is 12.3 Å². The van der Waals surface area contributed by atoms with Crippen LogP contribution >= 0.6 is 0 Å². The minimum absolute atomic E-state index is 0.100. The molecule has 9 heteroatoms. The molecule has 118 valence electrons. The molecule has 0 saturated heterocycles. The molecule has 0 saturated carbocycles. The van der Waals surface area contributed by atoms with E-state index in [0.717, 1.165) is 0 Å². The molecule has 0 amide bonds. The molecule has 4 N–H and O–H groups in total. The summed E-state index contributed by atoms with van der Waals surface area (Å²) in [5.74, 6) is 0.100. The zero-order chi connectivity index (χ0) is 16.5. The Kier molecular flexibility index (Phi) is 4.27. The lowest BCUT2D eigenvalue weighted by molar-refractivity contribution is -0.154. The van der Waals surface area contributed by atoms with E-state index >= 15 is 0 Å². The lowest BCUT2D eigenvalue weighted by Gasteiger charge is -2.31. The fraction of sp³-hybridized carbons (Fsp3) is 0.538. The Morgan fingerprint density at radius 3 is 2.73 bits per heavy atom. The van der Waals surface area contributed by atoms with Gasteiger partial charge in [-0.3, -0.25) is 4.57 Å². The fourth-order valence-corrected chi connectivity index (χ4v) is 2.13. The normalized spacial score (nSPS) is 16.9. The number of nitrogens with two attached hydrogens (primary N) is 1. The van der Waals surface area contributed by atoms with Gasteiger partial charge in [-0.15, -0.1) is 0 Å². The average molecular weight is 306 g/mol. The van der Waals surface area contributed by atoms with E-state index in [-0.39, 0.29) is 5.95 Å². The number of ether oxygens (including phenoxy) is 1. The molecule has 0 bridgehead atoms. The van der Waals surface area contributed by atoms with Crippen molar-refractivity contribution >= 4 is 17.1 Å². The highest BCUT2D eigenvalue weighted by atomic mass is 16.5. The van der Waals surface area contributed by atoms with Crippen LogP contribution in [0.15, 0.2) is 6.33 Å². The highest BCUT2D eigenvalue weighted by Crippen LogP contribution is 2.25. The number of aryl methyl sites for hydroxylation is 1. The first-order chi connectivity index (χ1) is 10.3. The van der Waals surface area contributed by atoms with Crippen LogP contribution in [0.2, 0.25) is 0 Å². The Hall–Kier alpha value is -2.28. The second-order valence-corrected chi connectivity index (χ2v) is 5.04. The molecule has 0 spiro atoms. The summed E-state index contributed by atoms with van der Waals surface area (Å²) >= 11 is 0. The third kappa shape index (κ3) is 2.59. The number of hydrogen-bond acceptors (Lipinski definition) is 8. The molecule has 0 aromatic carbocycles. The number of aliphatic hydroxyl groups is 2. The van der Waals surface area contributed by atoms with Gasteiger partial charge >= 0.3 is 0 Å². The first-order valence-electron chi connectivity index (χ1n) is 6.69. The number of nitrogen functional groups attached to an aromatic ring is 1. The van der Waals surface area contributed by atoms with E-state index in [1.54, 1.807) is 18.4 Å². The molecule has 1 unspecified atom stereocenters. The van der Waals surface area contributed by atoms with Crippen LogP contribution < -0.4 is 5.73 Å². The number of nitrogens with zero attached hydrogens (tertiary/aromatic N) is 5. The van der Waals surface area contributed by atoms with Gasteiger partial charge in [0.1, 0.15) is 17.8 Å². The zero-order valence-electron chi connectivity index (χ0n) is 12.6. The van der Waals surface area contributed by atoms with Gasteiger partial charge in [-0.1, -0.05) is 0 Å². The Bertz CT molecular complexity index is 722. The van der Waals surface area contributed by atoms with Gasteiger partial charge in [0.2, 0.25) is 11.5 Å². The van der Waals surface area contributed by atoms with Crippen LogP contribution in [0, 0.1) is 18.3 Å². The number of rotatable bonds is 5. The van der Waals surface area contributed by atoms with Crippen molar-refractivity contribution in [3.8, 4) is 6.07 Å². The molecule has 22 heavy (non-hydrogen) atoms. The molecule has 2 aromatic rings. The van der Waals surface area contributed by atoms with Gasteiger partial charge in [0.05, 0.1) is 24.7 Å². The summed E-state index contributed by atoms with van der Waals surface area (Å²) in [4.78, 5) is 12.4. The van der Waals surface area contributed by atoms with E-state index in [1.807, 2.05) is 6.07 Å². The molecule has 9 nitrogen and oxygen atoms in total. The van der Waals surface area contributed by atoms with Crippen molar-refractivity contribution in [3.63, 3.8) is 0 Å². The second-order valence-electron chi connectivity index (χ2n) is 5.04. The molecular weight excluding hydrogens is 288 g/mol. The van der Waals surface area contributed by atoms with E-state index in [0.29, 0.717) is 16.9 Å². The molecule has 2 heterocycles. The highest BCUT2D eigenvalue weighted by molar-refractivity contribution is 5.74. The highest BCUT2D eigenvalue weighted by Gasteiger charge is 2.38. The molecule has 2 aromatic heterocycles. The second kappa shape index (κ2) is 5.84. The van der Waals surface area contributed by atoms with Crippen LogP contribution in [0.1, 0.15) is 25.8 Å². The maximum atomic E-state index is 9.73. The van der Waals surface area contributed by atoms with Gasteiger partial charge in [0, 0.05) is 0 Å². The molecule has 0 aliphatic heterocycles. The number of imidazole rings is 1. The number of fused-ring (bicyclic) bond motifs is 1. The maximum Gasteiger partial charge on any atom is 0.222 e. The van der Waals surface area contributed by atoms with E-state index in [4.69, 9.17) is 10.5 Å². The van der Waals surface area contributed by atoms with Crippen LogP contribution in [0.3, 0.4) is 0 Å². The van der Waals surface area contributed by atoms with Crippen molar-refractivity contribution in [2.24, 2.45) is 0 Å². The molecule has 0 aliphatic carbocycles. The largest absolute Gasteiger partial charge is 0.392 e. The van der Waals surface area contributed by atoms with E-state index in [2.05, 4.69) is 15.0 Å². The Labute approximate surface area is 127 Å². The van der Waals surface area contributed by atoms with Gasteiger partial charge in [0.25, 0.3) is 0 Å². The number of aliphatic hydroxyl groups excluding tert-OH is 2. The van der Waals surface area contributed by atoms with Crippen LogP contribution in [0.5, 0.6) is 0 Å². The Morgan fingerprint density at radius 1 is 1.50 bits per heavy atom. The molecule has 3 atom stereocenters. The number of nitriles is 1. The fourth-order valence-electron chi connectivity index (χ4n) is 2.13. The van der Waals surface area contributed by atoms with E-state index < -0.39 is 24.5 Å². The summed E-state index contributed by atoms with van der Waals surface area (Å²) in [6, 6.07) is 1.81. The number of aromatic nitrogens is 4. The number of anilines is 1. The van der Waals surface area contributed by atoms with E-state index in [9.17, 15) is 15.5 Å². The third-order valence-electron chi connectivity index (χ3n) is 3.48. The maximum absolute atomic E-state index is 9.73. The van der Waals surface area contributed by atoms with Crippen molar-refractivity contribution in [3.05, 3.63) is 12.0 Å². The van der Waals surface area contributed by atoms with Crippen molar-refractivity contribution in [1.82, 2.24) is 19.5 Å². The van der Waals surface area contributed by atoms with Crippen LogP contribution in [0.25, 0.3) is 11.2 Å². The van der Waals surface area contributed by atoms with Crippen molar-refractivity contribution in [2.45, 2.75) is 38.7 Å². The minimum atomic E-state index is -1.73. The smallest absolute Gasteiger partial charge is 0.222 e. The zero-order valence-corrected chi connectivity index (χ0v) is 12.6. The predicted molar refractivity (Wildman–Crippen MR) is 77.4 cm³/mol. The average Bonchev–Trinajstić information content (AvgIpc) is 2.88. The SMILES string of the molecule is Cc1nc(N)nc2c1ncn2C(C)O[C@](C#N)(CO)[C@H](C)O. The predicted octanol–water partition coefficient (Wildman–Crippen LogP) is -0.113. The monoisotopic (exact) mass is 306 g/mol. The summed E-state index contributed by atoms with van der Waals surface area (Å²) in [5, 5.41) is 28.4. The minimum Gasteiger partial charge on any atom is -0.392 e. The van der Waals surface area contributed by atoms with Gasteiger partial charge in [-0.25, -0.2) is 9.97 Å². The Morgan fingerprint density at radius 2 is 2.18 bits per heavy atom. The van der Waals surface area contributed by atoms with Crippen molar-refractivity contribution in [1.29, 1.82) is 5.26 Å². The summed E-state index contributed by atoms with van der Waals surface area (Å²) in [7, 11) is 0. The molecule has 0 radical (unpaired) electrons. The summed E-state index contributed by atoms with van der Waals surface area (Å²) in [6.07, 6.45) is -0.404. The molecule has 2 rings (SSSR count). The van der Waals surface area contributed by atoms with E-state index in [1.165, 1.54) is 13.3 Å². The first-order valence-corrected chi connectivity index (χ1v) is 6.69. The first kappa shape index (κ1) is 16.1. The van der Waals surface area contributed by atoms with Crippen LogP contribution in [-0.4, -0.2) is 48.0 Å². The molecule has 0 aliphatic rings. The lowest BCUT2D eigenvalue weighted by atomic mass is 10.0. The van der Waals surface area contributed by atoms with Crippen molar-refractivity contribution < 1.29 is 14.9 Å². The topological polar surface area (TPSA) is 143 Å². The van der Waals surface area contributed by atoms with Gasteiger partial charge in [-0.05, 0) is 20.8 Å². The standard InChI is InChI=1S/C13H18N6O3/c1-7-10-11(18-12(15)17-7)19(6-16-10)9(3)22-13(4-14,5-20)8(2)21/h6,8-9,20-21H,5H2,1-3H3,(H2,15,17,18)/t8-,9?,13+/m0/s1. The molecular formula is C13H18N6O3. The number of hydrogen-bond donors (Lipinski definition) is 3. The van der Waals surface area contributed by atoms with Gasteiger partial charge < -0.3 is 20.7 Å². The summed E-state index contributed by atoms with van der Waals surface area (Å²) in [5.41, 5.74) is 5.55. The Balaban J connectivity index is 2.42. The third-order valence-corrected chi connectivity index (χ3v) is 3.48. The van der Waals surface area contributed by atoms with Crippen LogP contribution in [-0.2, 0) is 4.74 Å². The van der Waals surface area contributed by atoms with Gasteiger partial charge in [0.15, 0.2) is 5.65 Å². The summed E-state index contributed by atoms with van der Waals surface area (Å²) < 4.78 is 7.15. The quantitative estimate of drug-likeness (QED) is 0.694.